The molecule has 0 spiro atoms. The fraction of sp³-hybridized carbons (Fsp3) is 0.474. The summed E-state index contributed by atoms with van der Waals surface area (Å²) < 4.78 is 5.09. The molecule has 0 heterocycles. The number of esters is 1. The van der Waals surface area contributed by atoms with E-state index in [1.165, 1.54) is 6.92 Å². The van der Waals surface area contributed by atoms with Gasteiger partial charge in [0.2, 0.25) is 0 Å². The Morgan fingerprint density at radius 2 is 1.86 bits per heavy atom. The first kappa shape index (κ1) is 22.5. The van der Waals surface area contributed by atoms with E-state index in [2.05, 4.69) is 16.0 Å². The van der Waals surface area contributed by atoms with Crippen molar-refractivity contribution in [3.8, 4) is 0 Å². The fourth-order valence-electron chi connectivity index (χ4n) is 3.14. The van der Waals surface area contributed by atoms with Crippen molar-refractivity contribution < 1.29 is 23.9 Å². The van der Waals surface area contributed by atoms with E-state index in [-0.39, 0.29) is 12.5 Å². The number of amides is 5. The highest BCUT2D eigenvalue weighted by molar-refractivity contribution is 6.31. The molecule has 10 heteroatoms. The Bertz CT molecular complexity index is 767. The summed E-state index contributed by atoms with van der Waals surface area (Å²) in [4.78, 5) is 47.5. The van der Waals surface area contributed by atoms with Crippen LogP contribution in [0.2, 0.25) is 5.02 Å². The second kappa shape index (κ2) is 10.7. The van der Waals surface area contributed by atoms with E-state index < -0.39 is 36.1 Å². The van der Waals surface area contributed by atoms with Gasteiger partial charge in [-0.15, -0.1) is 0 Å². The van der Waals surface area contributed by atoms with Gasteiger partial charge in [-0.05, 0) is 31.4 Å². The number of ether oxygens (including phenoxy) is 1. The number of nitrogens with one attached hydrogen (secondary N) is 3. The zero-order valence-corrected chi connectivity index (χ0v) is 16.8. The first-order valence-corrected chi connectivity index (χ1v) is 9.75. The third-order valence-corrected chi connectivity index (χ3v) is 4.92. The summed E-state index contributed by atoms with van der Waals surface area (Å²) in [5, 5.41) is 7.65. The molecule has 5 amide bonds. The van der Waals surface area contributed by atoms with Crippen LogP contribution in [-0.2, 0) is 14.3 Å². The molecule has 0 bridgehead atoms. The van der Waals surface area contributed by atoms with Crippen molar-refractivity contribution in [3.05, 3.63) is 34.9 Å². The van der Waals surface area contributed by atoms with E-state index in [9.17, 15) is 19.2 Å². The van der Waals surface area contributed by atoms with E-state index >= 15 is 0 Å². The molecule has 1 aliphatic carbocycles. The number of nitrogens with two attached hydrogens (primary N) is 1. The van der Waals surface area contributed by atoms with Crippen molar-refractivity contribution in [2.45, 2.75) is 57.2 Å². The van der Waals surface area contributed by atoms with Gasteiger partial charge in [-0.25, -0.2) is 9.59 Å². The summed E-state index contributed by atoms with van der Waals surface area (Å²) in [6.07, 6.45) is 2.35. The average Bonchev–Trinajstić information content (AvgIpc) is 3.13. The second-order valence-corrected chi connectivity index (χ2v) is 7.27. The molecule has 1 aromatic carbocycles. The molecule has 2 rings (SSSR count). The number of urea groups is 2. The minimum atomic E-state index is -1.20. The number of imide groups is 1. The zero-order valence-electron chi connectivity index (χ0n) is 16.1. The topological polar surface area (TPSA) is 140 Å². The van der Waals surface area contributed by atoms with Crippen molar-refractivity contribution in [3.63, 3.8) is 0 Å². The van der Waals surface area contributed by atoms with Crippen LogP contribution < -0.4 is 21.7 Å². The van der Waals surface area contributed by atoms with Gasteiger partial charge in [0.15, 0.2) is 6.10 Å². The summed E-state index contributed by atoms with van der Waals surface area (Å²) in [6.45, 7) is 1.35. The number of hydrogen-bond acceptors (Lipinski definition) is 5. The molecule has 0 aromatic heterocycles. The van der Waals surface area contributed by atoms with Crippen molar-refractivity contribution >= 4 is 35.5 Å². The highest BCUT2D eigenvalue weighted by Crippen LogP contribution is 2.25. The first-order chi connectivity index (χ1) is 13.8. The number of benzene rings is 1. The van der Waals surface area contributed by atoms with Crippen molar-refractivity contribution in [2.24, 2.45) is 5.73 Å². The van der Waals surface area contributed by atoms with Gasteiger partial charge in [-0.1, -0.05) is 42.6 Å². The Morgan fingerprint density at radius 1 is 1.21 bits per heavy atom. The maximum absolute atomic E-state index is 12.3. The minimum absolute atomic E-state index is 0.0527. The largest absolute Gasteiger partial charge is 0.452 e. The molecule has 1 saturated carbocycles. The molecule has 5 N–H and O–H groups in total. The molecule has 1 aliphatic rings. The molecule has 0 aliphatic heterocycles. The fourth-order valence-corrected chi connectivity index (χ4v) is 3.41. The summed E-state index contributed by atoms with van der Waals surface area (Å²) >= 11 is 6.12. The lowest BCUT2D eigenvalue weighted by Gasteiger charge is -2.20. The maximum atomic E-state index is 12.3. The normalized spacial score (nSPS) is 15.8. The number of primary amides is 1. The van der Waals surface area contributed by atoms with Crippen LogP contribution in [0.1, 0.15) is 50.6 Å². The zero-order chi connectivity index (χ0) is 21.4. The molecule has 1 aromatic rings. The van der Waals surface area contributed by atoms with E-state index in [4.69, 9.17) is 22.1 Å². The lowest BCUT2D eigenvalue weighted by molar-refractivity contribution is -0.154. The Kier molecular flexibility index (Phi) is 8.26. The molecule has 0 saturated heterocycles. The van der Waals surface area contributed by atoms with Crippen LogP contribution in [0.5, 0.6) is 0 Å². The van der Waals surface area contributed by atoms with Crippen molar-refractivity contribution in [1.29, 1.82) is 0 Å². The molecule has 2 atom stereocenters. The Hall–Kier alpha value is -2.81. The number of rotatable bonds is 7. The quantitative estimate of drug-likeness (QED) is 0.496. The Labute approximate surface area is 173 Å². The van der Waals surface area contributed by atoms with Crippen LogP contribution in [0.15, 0.2) is 24.3 Å². The van der Waals surface area contributed by atoms with Crippen LogP contribution in [0, 0.1) is 0 Å². The van der Waals surface area contributed by atoms with Gasteiger partial charge in [0.1, 0.15) is 0 Å². The van der Waals surface area contributed by atoms with Gasteiger partial charge in [-0.2, -0.15) is 0 Å². The summed E-state index contributed by atoms with van der Waals surface area (Å²) in [5.74, 6) is -1.51. The van der Waals surface area contributed by atoms with Crippen LogP contribution >= 0.6 is 11.6 Å². The first-order valence-electron chi connectivity index (χ1n) is 9.37. The smallest absolute Gasteiger partial charge is 0.321 e. The third-order valence-electron chi connectivity index (χ3n) is 4.57. The van der Waals surface area contributed by atoms with E-state index in [0.717, 1.165) is 25.7 Å². The molecular formula is C19H25ClN4O5. The van der Waals surface area contributed by atoms with Crippen molar-refractivity contribution in [1.82, 2.24) is 16.0 Å². The highest BCUT2D eigenvalue weighted by atomic mass is 35.5. The SMILES string of the molecule is C[C@@H](OC(=O)C[C@H](NC(N)=O)c1ccccc1Cl)C(=O)NC(=O)NC1CCCC1. The van der Waals surface area contributed by atoms with Crippen LogP contribution in [0.4, 0.5) is 9.59 Å². The number of halogens is 1. The second-order valence-electron chi connectivity index (χ2n) is 6.86. The van der Waals surface area contributed by atoms with Crippen LogP contribution in [0.3, 0.4) is 0 Å². The molecule has 29 heavy (non-hydrogen) atoms. The Morgan fingerprint density at radius 3 is 2.48 bits per heavy atom. The standard InChI is InChI=1S/C19H25ClN4O5/c1-11(17(26)24-19(28)22-12-6-2-3-7-12)29-16(25)10-15(23-18(21)27)13-8-4-5-9-14(13)20/h4-5,8-9,11-12,15H,2-3,6-7,10H2,1H3,(H3,21,23,27)(H2,22,24,26,28)/t11-,15+/m1/s1. The predicted octanol–water partition coefficient (Wildman–Crippen LogP) is 2.14. The lowest BCUT2D eigenvalue weighted by atomic mass is 10.0. The molecule has 158 valence electrons. The minimum Gasteiger partial charge on any atom is -0.452 e. The van der Waals surface area contributed by atoms with Gasteiger partial charge in [0, 0.05) is 11.1 Å². The highest BCUT2D eigenvalue weighted by Gasteiger charge is 2.25. The van der Waals surface area contributed by atoms with Gasteiger partial charge in [0.25, 0.3) is 5.91 Å². The summed E-state index contributed by atoms with van der Waals surface area (Å²) in [7, 11) is 0. The number of carbonyl (C=O) groups excluding carboxylic acids is 4. The number of carbonyl (C=O) groups is 4. The molecule has 0 unspecified atom stereocenters. The van der Waals surface area contributed by atoms with Gasteiger partial charge in [0.05, 0.1) is 12.5 Å². The summed E-state index contributed by atoms with van der Waals surface area (Å²) in [5.41, 5.74) is 5.66. The van der Waals surface area contributed by atoms with E-state index in [1.54, 1.807) is 24.3 Å². The maximum Gasteiger partial charge on any atom is 0.321 e. The molecule has 1 fully saturated rings. The molecular weight excluding hydrogens is 400 g/mol. The van der Waals surface area contributed by atoms with Crippen LogP contribution in [-0.4, -0.2) is 36.1 Å². The third kappa shape index (κ3) is 7.26. The van der Waals surface area contributed by atoms with Gasteiger partial charge >= 0.3 is 18.0 Å². The predicted molar refractivity (Wildman–Crippen MR) is 106 cm³/mol. The molecule has 0 radical (unpaired) electrons. The monoisotopic (exact) mass is 424 g/mol. The Balaban J connectivity index is 1.89. The lowest BCUT2D eigenvalue weighted by Crippen LogP contribution is -2.47. The van der Waals surface area contributed by atoms with Gasteiger partial charge in [-0.3, -0.25) is 14.9 Å². The van der Waals surface area contributed by atoms with Crippen molar-refractivity contribution in [2.75, 3.05) is 0 Å². The van der Waals surface area contributed by atoms with E-state index in [1.807, 2.05) is 0 Å². The average molecular weight is 425 g/mol. The van der Waals surface area contributed by atoms with E-state index in [0.29, 0.717) is 10.6 Å². The van der Waals surface area contributed by atoms with Crippen LogP contribution in [0.25, 0.3) is 0 Å². The van der Waals surface area contributed by atoms with Gasteiger partial charge < -0.3 is 21.1 Å². The summed E-state index contributed by atoms with van der Waals surface area (Å²) in [6, 6.07) is 4.42. The number of hydrogen-bond donors (Lipinski definition) is 4. The molecule has 9 nitrogen and oxygen atoms in total.